The maximum absolute atomic E-state index is 14.6. The number of benzene rings is 3. The fourth-order valence-corrected chi connectivity index (χ4v) is 7.56. The number of rotatable bonds is 8. The minimum absolute atomic E-state index is 0.0161. The van der Waals surface area contributed by atoms with E-state index in [9.17, 15) is 40.7 Å². The molecule has 0 radical (unpaired) electrons. The van der Waals surface area contributed by atoms with E-state index in [0.29, 0.717) is 30.0 Å². The maximum Gasteiger partial charge on any atom is 0.416 e. The molecule has 46 heavy (non-hydrogen) atoms. The first-order valence-corrected chi connectivity index (χ1v) is 16.1. The van der Waals surface area contributed by atoms with Crippen LogP contribution in [-0.2, 0) is 25.8 Å². The van der Waals surface area contributed by atoms with Gasteiger partial charge in [0.05, 0.1) is 27.7 Å². The second-order valence-corrected chi connectivity index (χ2v) is 13.3. The highest BCUT2D eigenvalue weighted by Gasteiger charge is 2.38. The quantitative estimate of drug-likeness (QED) is 0.206. The van der Waals surface area contributed by atoms with Gasteiger partial charge in [-0.1, -0.05) is 35.9 Å². The van der Waals surface area contributed by atoms with Crippen molar-refractivity contribution in [1.82, 2.24) is 4.90 Å². The van der Waals surface area contributed by atoms with Crippen molar-refractivity contribution in [3.8, 4) is 5.75 Å². The molecule has 14 heteroatoms. The summed E-state index contributed by atoms with van der Waals surface area (Å²) in [7, 11) is -4.60. The van der Waals surface area contributed by atoms with Crippen LogP contribution in [0.1, 0.15) is 49.3 Å². The Bertz CT molecular complexity index is 1790. The fourth-order valence-electron chi connectivity index (χ4n) is 5.70. The summed E-state index contributed by atoms with van der Waals surface area (Å²) in [5.74, 6) is -1.99. The normalized spacial score (nSPS) is 18.7. The number of halogens is 5. The van der Waals surface area contributed by atoms with Gasteiger partial charge in [-0.2, -0.15) is 13.2 Å². The van der Waals surface area contributed by atoms with E-state index in [-0.39, 0.29) is 48.0 Å². The average Bonchev–Trinajstić information content (AvgIpc) is 3.50. The van der Waals surface area contributed by atoms with E-state index in [1.165, 1.54) is 35.2 Å². The van der Waals surface area contributed by atoms with E-state index >= 15 is 0 Å². The molecule has 3 aromatic rings. The van der Waals surface area contributed by atoms with Gasteiger partial charge in [-0.05, 0) is 79.8 Å². The van der Waals surface area contributed by atoms with Crippen LogP contribution in [0, 0.1) is 5.82 Å². The molecule has 2 aliphatic rings. The SMILES string of the molecule is C/C(=C\c1ccc2c(c1)N(S(=O)(=O)c1cccc(C(F)(F)F)c1)C[C@H](CCC(=O)N1CCC[C@@H]1C(=O)O)O2)c1c(F)cccc1Cl. The Morgan fingerprint density at radius 1 is 1.11 bits per heavy atom. The van der Waals surface area contributed by atoms with Crippen LogP contribution in [0.2, 0.25) is 5.02 Å². The number of sulfonamides is 1. The fraction of sp³-hybridized carbons (Fsp3) is 0.312. The molecule has 2 aliphatic heterocycles. The van der Waals surface area contributed by atoms with E-state index in [2.05, 4.69) is 0 Å². The number of likely N-dealkylation sites (tertiary alicyclic amines) is 1. The van der Waals surface area contributed by atoms with E-state index in [0.717, 1.165) is 22.5 Å². The van der Waals surface area contributed by atoms with Gasteiger partial charge in [0.1, 0.15) is 23.7 Å². The monoisotopic (exact) mass is 680 g/mol. The van der Waals surface area contributed by atoms with Crippen LogP contribution in [-0.4, -0.2) is 55.5 Å². The first kappa shape index (κ1) is 33.3. The van der Waals surface area contributed by atoms with E-state index in [4.69, 9.17) is 16.3 Å². The van der Waals surface area contributed by atoms with Gasteiger partial charge >= 0.3 is 12.1 Å². The summed E-state index contributed by atoms with van der Waals surface area (Å²) in [6, 6.07) is 11.2. The number of fused-ring (bicyclic) bond motifs is 1. The van der Waals surface area contributed by atoms with E-state index < -0.39 is 56.5 Å². The second kappa shape index (κ2) is 13.0. The molecule has 244 valence electrons. The second-order valence-electron chi connectivity index (χ2n) is 11.1. The maximum atomic E-state index is 14.6. The van der Waals surface area contributed by atoms with Gasteiger partial charge in [-0.15, -0.1) is 0 Å². The topological polar surface area (TPSA) is 104 Å². The van der Waals surface area contributed by atoms with Gasteiger partial charge in [-0.3, -0.25) is 9.10 Å². The zero-order valence-corrected chi connectivity index (χ0v) is 26.0. The number of alkyl halides is 3. The largest absolute Gasteiger partial charge is 0.486 e. The Morgan fingerprint density at radius 3 is 2.54 bits per heavy atom. The van der Waals surface area contributed by atoms with Crippen LogP contribution < -0.4 is 9.04 Å². The molecule has 8 nitrogen and oxygen atoms in total. The zero-order chi connectivity index (χ0) is 33.4. The van der Waals surface area contributed by atoms with E-state index in [1.54, 1.807) is 19.1 Å². The number of aliphatic carboxylic acids is 1. The van der Waals surface area contributed by atoms with Gasteiger partial charge in [-0.25, -0.2) is 17.6 Å². The summed E-state index contributed by atoms with van der Waals surface area (Å²) in [4.78, 5) is 25.1. The molecule has 2 atom stereocenters. The summed E-state index contributed by atoms with van der Waals surface area (Å²) in [5.41, 5.74) is -0.0844. The summed E-state index contributed by atoms with van der Waals surface area (Å²) < 4.78 is 90.0. The number of allylic oxidation sites excluding steroid dienone is 1. The lowest BCUT2D eigenvalue weighted by Gasteiger charge is -2.36. The van der Waals surface area contributed by atoms with Gasteiger partial charge in [0, 0.05) is 18.5 Å². The Hall–Kier alpha value is -4.10. The zero-order valence-electron chi connectivity index (χ0n) is 24.4. The van der Waals surface area contributed by atoms with Crippen LogP contribution >= 0.6 is 11.6 Å². The number of carbonyl (C=O) groups is 2. The lowest BCUT2D eigenvalue weighted by Crippen LogP contribution is -2.45. The molecule has 1 amide bonds. The average molecular weight is 681 g/mol. The van der Waals surface area contributed by atoms with Crippen LogP contribution in [0.25, 0.3) is 11.6 Å². The molecular weight excluding hydrogens is 652 g/mol. The molecule has 3 aromatic carbocycles. The lowest BCUT2D eigenvalue weighted by atomic mass is 10.0. The molecule has 0 aromatic heterocycles. The number of nitrogens with zero attached hydrogens (tertiary/aromatic N) is 2. The molecule has 1 N–H and O–H groups in total. The number of carbonyl (C=O) groups excluding carboxylic acids is 1. The van der Waals surface area contributed by atoms with Crippen LogP contribution in [0.5, 0.6) is 5.75 Å². The Labute approximate surface area is 267 Å². The number of hydrogen-bond acceptors (Lipinski definition) is 5. The van der Waals surface area contributed by atoms with Crippen LogP contribution in [0.15, 0.2) is 65.6 Å². The van der Waals surface area contributed by atoms with Crippen molar-refractivity contribution >= 4 is 50.8 Å². The Kier molecular flexibility index (Phi) is 9.37. The summed E-state index contributed by atoms with van der Waals surface area (Å²) in [6.07, 6.45) is -3.34. The van der Waals surface area contributed by atoms with Gasteiger partial charge in [0.15, 0.2) is 0 Å². The molecule has 0 bridgehead atoms. The van der Waals surface area contributed by atoms with E-state index in [1.807, 2.05) is 0 Å². The van der Waals surface area contributed by atoms with Crippen molar-refractivity contribution in [2.45, 2.75) is 55.8 Å². The Balaban J connectivity index is 1.50. The third-order valence-electron chi connectivity index (χ3n) is 7.94. The molecule has 1 fully saturated rings. The third-order valence-corrected chi connectivity index (χ3v) is 10.0. The van der Waals surface area contributed by atoms with Crippen molar-refractivity contribution in [2.75, 3.05) is 17.4 Å². The van der Waals surface area contributed by atoms with Crippen LogP contribution in [0.4, 0.5) is 23.2 Å². The molecular formula is C32H29ClF4N2O6S. The lowest BCUT2D eigenvalue weighted by molar-refractivity contribution is -0.148. The number of carboxylic acids is 1. The molecule has 1 saturated heterocycles. The summed E-state index contributed by atoms with van der Waals surface area (Å²) in [6.45, 7) is 1.57. The van der Waals surface area contributed by atoms with Gasteiger partial charge < -0.3 is 14.7 Å². The van der Waals surface area contributed by atoms with Crippen molar-refractivity contribution in [3.63, 3.8) is 0 Å². The minimum Gasteiger partial charge on any atom is -0.486 e. The number of carboxylic acid groups (broad SMARTS) is 1. The molecule has 2 heterocycles. The Morgan fingerprint density at radius 2 is 1.85 bits per heavy atom. The first-order valence-electron chi connectivity index (χ1n) is 14.3. The highest BCUT2D eigenvalue weighted by atomic mass is 35.5. The predicted molar refractivity (Wildman–Crippen MR) is 163 cm³/mol. The molecule has 5 rings (SSSR count). The number of anilines is 1. The molecule has 0 spiro atoms. The minimum atomic E-state index is -4.79. The summed E-state index contributed by atoms with van der Waals surface area (Å²) in [5, 5.41) is 9.61. The molecule has 0 unspecified atom stereocenters. The molecule has 0 saturated carbocycles. The highest BCUT2D eigenvalue weighted by Crippen LogP contribution is 2.40. The first-order chi connectivity index (χ1) is 21.7. The van der Waals surface area contributed by atoms with Gasteiger partial charge in [0.25, 0.3) is 10.0 Å². The van der Waals surface area contributed by atoms with Crippen LogP contribution in [0.3, 0.4) is 0 Å². The standard InChI is InChI=1S/C32H29ClF4N2O6S/c1-19(30-24(33)7-3-8-25(30)34)15-20-10-12-28-27(16-20)39(46(43,44)23-6-2-5-21(17-23)32(35,36)37)18-22(45-28)11-13-29(40)38-14-4-9-26(38)31(41)42/h2-3,5-8,10,12,15-17,22,26H,4,9,11,13-14,18H2,1H3,(H,41,42)/b19-15+/t22-,26+/m0/s1. The predicted octanol–water partition coefficient (Wildman–Crippen LogP) is 6.87. The number of amides is 1. The van der Waals surface area contributed by atoms with Gasteiger partial charge in [0.2, 0.25) is 5.91 Å². The molecule has 0 aliphatic carbocycles. The van der Waals surface area contributed by atoms with Crippen molar-refractivity contribution in [3.05, 3.63) is 88.2 Å². The third kappa shape index (κ3) is 6.85. The van der Waals surface area contributed by atoms with Crippen molar-refractivity contribution < 1.29 is 45.4 Å². The van der Waals surface area contributed by atoms with Crippen molar-refractivity contribution in [2.24, 2.45) is 0 Å². The smallest absolute Gasteiger partial charge is 0.416 e. The van der Waals surface area contributed by atoms with Crippen molar-refractivity contribution in [1.29, 1.82) is 0 Å². The number of hydrogen-bond donors (Lipinski definition) is 1. The number of ether oxygens (including phenoxy) is 1. The summed E-state index contributed by atoms with van der Waals surface area (Å²) >= 11 is 6.21. The highest BCUT2D eigenvalue weighted by molar-refractivity contribution is 7.92.